The second-order valence-electron chi connectivity index (χ2n) is 7.76. The Morgan fingerprint density at radius 3 is 2.31 bits per heavy atom. The third-order valence-corrected chi connectivity index (χ3v) is 5.15. The SMILES string of the molecule is CC(C)(c1cccc(Oc2cccc(C#N)c2)n1)c1cccc(-c2ccc(F)cc2F)n1. The summed E-state index contributed by atoms with van der Waals surface area (Å²) >= 11 is 0. The van der Waals surface area contributed by atoms with Gasteiger partial charge in [0.05, 0.1) is 28.7 Å². The first kappa shape index (κ1) is 21.1. The van der Waals surface area contributed by atoms with E-state index in [2.05, 4.69) is 16.0 Å². The molecule has 0 radical (unpaired) electrons. The molecule has 0 aliphatic carbocycles. The Labute approximate surface area is 184 Å². The molecule has 0 aliphatic rings. The maximum atomic E-state index is 14.3. The van der Waals surface area contributed by atoms with Crippen molar-refractivity contribution in [2.45, 2.75) is 19.3 Å². The van der Waals surface area contributed by atoms with Crippen molar-refractivity contribution in [2.24, 2.45) is 0 Å². The van der Waals surface area contributed by atoms with Crippen molar-refractivity contribution in [3.8, 4) is 29.0 Å². The fourth-order valence-corrected chi connectivity index (χ4v) is 3.33. The zero-order valence-corrected chi connectivity index (χ0v) is 17.5. The monoisotopic (exact) mass is 427 g/mol. The van der Waals surface area contributed by atoms with Gasteiger partial charge in [0.25, 0.3) is 0 Å². The van der Waals surface area contributed by atoms with Gasteiger partial charge in [0.2, 0.25) is 5.88 Å². The van der Waals surface area contributed by atoms with E-state index in [4.69, 9.17) is 10.00 Å². The first-order valence-corrected chi connectivity index (χ1v) is 9.95. The zero-order chi connectivity index (χ0) is 22.7. The Bertz CT molecular complexity index is 1330. The maximum absolute atomic E-state index is 14.3. The van der Waals surface area contributed by atoms with Crippen LogP contribution in [0.1, 0.15) is 30.8 Å². The van der Waals surface area contributed by atoms with E-state index in [1.807, 2.05) is 32.0 Å². The van der Waals surface area contributed by atoms with Crippen molar-refractivity contribution in [2.75, 3.05) is 0 Å². The Balaban J connectivity index is 1.66. The Morgan fingerprint density at radius 2 is 1.56 bits per heavy atom. The highest BCUT2D eigenvalue weighted by Gasteiger charge is 2.27. The molecule has 0 N–H and O–H groups in total. The van der Waals surface area contributed by atoms with Gasteiger partial charge < -0.3 is 4.74 Å². The molecule has 2 heterocycles. The first-order chi connectivity index (χ1) is 15.4. The molecule has 0 amide bonds. The van der Waals surface area contributed by atoms with Gasteiger partial charge in [0, 0.05) is 23.1 Å². The van der Waals surface area contributed by atoms with Crippen LogP contribution in [0.4, 0.5) is 8.78 Å². The summed E-state index contributed by atoms with van der Waals surface area (Å²) in [5, 5.41) is 9.07. The van der Waals surface area contributed by atoms with E-state index in [0.717, 1.165) is 6.07 Å². The number of nitriles is 1. The second kappa shape index (κ2) is 8.56. The summed E-state index contributed by atoms with van der Waals surface area (Å²) in [4.78, 5) is 9.27. The van der Waals surface area contributed by atoms with E-state index in [-0.39, 0.29) is 5.56 Å². The van der Waals surface area contributed by atoms with E-state index in [1.54, 1.807) is 42.5 Å². The Kier molecular flexibility index (Phi) is 5.65. The van der Waals surface area contributed by atoms with Gasteiger partial charge in [-0.25, -0.2) is 13.8 Å². The number of pyridine rings is 2. The lowest BCUT2D eigenvalue weighted by Crippen LogP contribution is -2.22. The summed E-state index contributed by atoms with van der Waals surface area (Å²) in [5.41, 5.74) is 1.89. The van der Waals surface area contributed by atoms with Gasteiger partial charge in [-0.15, -0.1) is 0 Å². The van der Waals surface area contributed by atoms with E-state index >= 15 is 0 Å². The van der Waals surface area contributed by atoms with Crippen molar-refractivity contribution in [3.05, 3.63) is 107 Å². The molecule has 0 atom stereocenters. The molecule has 32 heavy (non-hydrogen) atoms. The first-order valence-electron chi connectivity index (χ1n) is 9.95. The van der Waals surface area contributed by atoms with Crippen molar-refractivity contribution in [1.29, 1.82) is 5.26 Å². The highest BCUT2D eigenvalue weighted by Crippen LogP contribution is 2.32. The van der Waals surface area contributed by atoms with E-state index < -0.39 is 17.0 Å². The van der Waals surface area contributed by atoms with Crippen LogP contribution in [0.2, 0.25) is 0 Å². The van der Waals surface area contributed by atoms with Crippen molar-refractivity contribution < 1.29 is 13.5 Å². The number of benzene rings is 2. The summed E-state index contributed by atoms with van der Waals surface area (Å²) < 4.78 is 33.4. The smallest absolute Gasteiger partial charge is 0.219 e. The van der Waals surface area contributed by atoms with E-state index in [9.17, 15) is 8.78 Å². The minimum Gasteiger partial charge on any atom is -0.439 e. The van der Waals surface area contributed by atoms with Crippen LogP contribution < -0.4 is 4.74 Å². The molecular weight excluding hydrogens is 408 g/mol. The number of halogens is 2. The molecule has 2 aromatic heterocycles. The highest BCUT2D eigenvalue weighted by atomic mass is 19.1. The molecule has 2 aromatic carbocycles. The van der Waals surface area contributed by atoms with Gasteiger partial charge in [-0.3, -0.25) is 4.98 Å². The standard InChI is InChI=1S/C26H19F2N3O/c1-26(2,23-9-4-8-22(30-23)20-13-12-18(27)15-21(20)28)24-10-5-11-25(31-24)32-19-7-3-6-17(14-19)16-29/h3-15H,1-2H3. The Hall–Kier alpha value is -4.11. The van der Waals surface area contributed by atoms with Crippen molar-refractivity contribution in [1.82, 2.24) is 9.97 Å². The van der Waals surface area contributed by atoms with Crippen LogP contribution in [-0.2, 0) is 5.41 Å². The molecule has 0 bridgehead atoms. The lowest BCUT2D eigenvalue weighted by Gasteiger charge is -2.24. The van der Waals surface area contributed by atoms with Crippen LogP contribution >= 0.6 is 0 Å². The summed E-state index contributed by atoms with van der Waals surface area (Å²) in [6.07, 6.45) is 0. The summed E-state index contributed by atoms with van der Waals surface area (Å²) in [5.74, 6) is -0.408. The highest BCUT2D eigenvalue weighted by molar-refractivity contribution is 5.60. The molecule has 0 aliphatic heterocycles. The average molecular weight is 427 g/mol. The topological polar surface area (TPSA) is 58.8 Å². The van der Waals surface area contributed by atoms with Gasteiger partial charge in [-0.2, -0.15) is 5.26 Å². The molecule has 6 heteroatoms. The van der Waals surface area contributed by atoms with Crippen LogP contribution in [-0.4, -0.2) is 9.97 Å². The van der Waals surface area contributed by atoms with Crippen LogP contribution in [0, 0.1) is 23.0 Å². The molecule has 158 valence electrons. The van der Waals surface area contributed by atoms with E-state index in [0.29, 0.717) is 34.3 Å². The normalized spacial score (nSPS) is 11.1. The average Bonchev–Trinajstić information content (AvgIpc) is 2.79. The summed E-state index contributed by atoms with van der Waals surface area (Å²) in [7, 11) is 0. The van der Waals surface area contributed by atoms with Crippen molar-refractivity contribution in [3.63, 3.8) is 0 Å². The molecule has 4 nitrogen and oxygen atoms in total. The molecule has 0 fully saturated rings. The summed E-state index contributed by atoms with van der Waals surface area (Å²) in [6, 6.07) is 23.1. The third kappa shape index (κ3) is 4.33. The maximum Gasteiger partial charge on any atom is 0.219 e. The number of ether oxygens (including phenoxy) is 1. The van der Waals surface area contributed by atoms with Crippen LogP contribution in [0.25, 0.3) is 11.3 Å². The van der Waals surface area contributed by atoms with E-state index in [1.165, 1.54) is 12.1 Å². The van der Waals surface area contributed by atoms with Crippen molar-refractivity contribution >= 4 is 0 Å². The Morgan fingerprint density at radius 1 is 0.844 bits per heavy atom. The number of rotatable bonds is 5. The second-order valence-corrected chi connectivity index (χ2v) is 7.76. The predicted molar refractivity (Wildman–Crippen MR) is 117 cm³/mol. The third-order valence-electron chi connectivity index (χ3n) is 5.15. The molecule has 4 rings (SSSR count). The molecule has 0 saturated carbocycles. The zero-order valence-electron chi connectivity index (χ0n) is 17.5. The molecule has 0 saturated heterocycles. The number of nitrogens with zero attached hydrogens (tertiary/aromatic N) is 3. The van der Waals surface area contributed by atoms with Gasteiger partial charge in [-0.05, 0) is 62.4 Å². The van der Waals surface area contributed by atoms with Crippen LogP contribution in [0.5, 0.6) is 11.6 Å². The predicted octanol–water partition coefficient (Wildman–Crippen LogP) is 6.41. The molecular formula is C26H19F2N3O. The van der Waals surface area contributed by atoms with Crippen LogP contribution in [0.3, 0.4) is 0 Å². The lowest BCUT2D eigenvalue weighted by atomic mass is 9.84. The molecule has 4 aromatic rings. The minimum atomic E-state index is -0.666. The largest absolute Gasteiger partial charge is 0.439 e. The summed E-state index contributed by atoms with van der Waals surface area (Å²) in [6.45, 7) is 3.92. The van der Waals surface area contributed by atoms with Crippen LogP contribution in [0.15, 0.2) is 78.9 Å². The lowest BCUT2D eigenvalue weighted by molar-refractivity contribution is 0.454. The molecule has 0 unspecified atom stereocenters. The van der Waals surface area contributed by atoms with Gasteiger partial charge >= 0.3 is 0 Å². The van der Waals surface area contributed by atoms with Gasteiger partial charge in [-0.1, -0.05) is 18.2 Å². The fourth-order valence-electron chi connectivity index (χ4n) is 3.33. The fraction of sp³-hybridized carbons (Fsp3) is 0.115. The molecule has 0 spiro atoms. The van der Waals surface area contributed by atoms with Gasteiger partial charge in [0.15, 0.2) is 0 Å². The number of aromatic nitrogens is 2. The van der Waals surface area contributed by atoms with Gasteiger partial charge in [0.1, 0.15) is 17.4 Å². The number of hydrogen-bond donors (Lipinski definition) is 0. The minimum absolute atomic E-state index is 0.228. The quantitative estimate of drug-likeness (QED) is 0.369. The number of hydrogen-bond acceptors (Lipinski definition) is 4.